The molecule has 0 aliphatic heterocycles. The van der Waals surface area contributed by atoms with Crippen molar-refractivity contribution in [2.24, 2.45) is 7.05 Å². The van der Waals surface area contributed by atoms with Gasteiger partial charge >= 0.3 is 0 Å². The molecule has 0 aliphatic carbocycles. The molecule has 2 N–H and O–H groups in total. The maximum atomic E-state index is 5.12. The van der Waals surface area contributed by atoms with Crippen molar-refractivity contribution < 1.29 is 9.47 Å². The Labute approximate surface area is 106 Å². The van der Waals surface area contributed by atoms with Crippen LogP contribution < -0.4 is 15.4 Å². The molecule has 1 rings (SSSR count). The molecular formula is C10H18N4O2S. The van der Waals surface area contributed by atoms with Crippen LogP contribution in [0.15, 0.2) is 6.07 Å². The van der Waals surface area contributed by atoms with E-state index >= 15 is 0 Å². The van der Waals surface area contributed by atoms with Crippen LogP contribution >= 0.6 is 12.2 Å². The Balaban J connectivity index is 2.34. The lowest BCUT2D eigenvalue weighted by molar-refractivity contribution is 0.196. The summed E-state index contributed by atoms with van der Waals surface area (Å²) in [5.74, 6) is 1.34. The summed E-state index contributed by atoms with van der Waals surface area (Å²) in [6.07, 6.45) is 0.907. The van der Waals surface area contributed by atoms with Gasteiger partial charge in [0.1, 0.15) is 0 Å². The fourth-order valence-corrected chi connectivity index (χ4v) is 1.49. The average Bonchev–Trinajstić information content (AvgIpc) is 2.65. The summed E-state index contributed by atoms with van der Waals surface area (Å²) in [6.45, 7) is 1.48. The summed E-state index contributed by atoms with van der Waals surface area (Å²) in [5.41, 5.74) is 0. The van der Waals surface area contributed by atoms with E-state index in [0.29, 0.717) is 23.4 Å². The molecule has 0 aliphatic rings. The number of methoxy groups -OCH3 is 2. The van der Waals surface area contributed by atoms with E-state index in [-0.39, 0.29) is 0 Å². The number of aryl methyl sites for hydroxylation is 1. The third-order valence-corrected chi connectivity index (χ3v) is 2.34. The van der Waals surface area contributed by atoms with Crippen LogP contribution in [-0.4, -0.2) is 42.3 Å². The Kier molecular flexibility index (Phi) is 5.71. The van der Waals surface area contributed by atoms with Crippen molar-refractivity contribution in [2.75, 3.05) is 32.7 Å². The van der Waals surface area contributed by atoms with Gasteiger partial charge in [0.15, 0.2) is 10.9 Å². The van der Waals surface area contributed by atoms with E-state index in [1.165, 1.54) is 0 Å². The summed E-state index contributed by atoms with van der Waals surface area (Å²) in [7, 11) is 5.08. The predicted octanol–water partition coefficient (Wildman–Crippen LogP) is 0.752. The minimum atomic E-state index is 0.543. The highest BCUT2D eigenvalue weighted by molar-refractivity contribution is 7.80. The normalized spacial score (nSPS) is 10.1. The number of ether oxygens (including phenoxy) is 2. The molecule has 7 heteroatoms. The largest absolute Gasteiger partial charge is 0.481 e. The molecule has 0 saturated carbocycles. The summed E-state index contributed by atoms with van der Waals surface area (Å²) in [6, 6.07) is 1.78. The van der Waals surface area contributed by atoms with Gasteiger partial charge in [-0.1, -0.05) is 0 Å². The number of nitrogens with one attached hydrogen (secondary N) is 2. The lowest BCUT2D eigenvalue weighted by atomic mass is 10.4. The van der Waals surface area contributed by atoms with Gasteiger partial charge in [-0.3, -0.25) is 0 Å². The van der Waals surface area contributed by atoms with Gasteiger partial charge in [-0.15, -0.1) is 0 Å². The second-order valence-electron chi connectivity index (χ2n) is 3.42. The molecule has 0 aromatic carbocycles. The van der Waals surface area contributed by atoms with Gasteiger partial charge in [0.05, 0.1) is 7.11 Å². The van der Waals surface area contributed by atoms with Crippen molar-refractivity contribution in [3.05, 3.63) is 6.07 Å². The molecule has 0 amide bonds. The Morgan fingerprint density at radius 2 is 2.29 bits per heavy atom. The fraction of sp³-hybridized carbons (Fsp3) is 0.600. The highest BCUT2D eigenvalue weighted by Crippen LogP contribution is 2.14. The number of anilines is 1. The van der Waals surface area contributed by atoms with Crippen molar-refractivity contribution in [1.82, 2.24) is 15.1 Å². The number of hydrogen-bond donors (Lipinski definition) is 2. The number of hydrogen-bond acceptors (Lipinski definition) is 4. The van der Waals surface area contributed by atoms with Gasteiger partial charge in [0.2, 0.25) is 5.88 Å². The molecule has 1 aromatic heterocycles. The average molecular weight is 258 g/mol. The van der Waals surface area contributed by atoms with E-state index < -0.39 is 0 Å². The van der Waals surface area contributed by atoms with Gasteiger partial charge in [-0.25, -0.2) is 4.68 Å². The number of aromatic nitrogens is 2. The molecule has 6 nitrogen and oxygen atoms in total. The van der Waals surface area contributed by atoms with Crippen LogP contribution in [0.2, 0.25) is 0 Å². The second kappa shape index (κ2) is 7.08. The first-order valence-corrected chi connectivity index (χ1v) is 5.70. The quantitative estimate of drug-likeness (QED) is 0.580. The third kappa shape index (κ3) is 4.58. The van der Waals surface area contributed by atoms with E-state index in [9.17, 15) is 0 Å². The molecule has 0 radical (unpaired) electrons. The molecule has 96 valence electrons. The molecule has 0 atom stereocenters. The second-order valence-corrected chi connectivity index (χ2v) is 3.83. The first-order valence-electron chi connectivity index (χ1n) is 5.29. The summed E-state index contributed by atoms with van der Waals surface area (Å²) in [4.78, 5) is 0. The zero-order valence-corrected chi connectivity index (χ0v) is 11.1. The maximum absolute atomic E-state index is 5.12. The van der Waals surface area contributed by atoms with Crippen LogP contribution in [0.1, 0.15) is 6.42 Å². The lowest BCUT2D eigenvalue weighted by Crippen LogP contribution is -2.29. The Morgan fingerprint density at radius 3 is 2.88 bits per heavy atom. The van der Waals surface area contributed by atoms with E-state index in [1.54, 1.807) is 32.0 Å². The molecule has 1 heterocycles. The van der Waals surface area contributed by atoms with Crippen LogP contribution in [0, 0.1) is 0 Å². The van der Waals surface area contributed by atoms with E-state index in [1.807, 2.05) is 0 Å². The first-order chi connectivity index (χ1) is 8.17. The smallest absolute Gasteiger partial charge is 0.213 e. The van der Waals surface area contributed by atoms with Crippen molar-refractivity contribution in [2.45, 2.75) is 6.42 Å². The van der Waals surface area contributed by atoms with Gasteiger partial charge in [0, 0.05) is 33.4 Å². The molecule has 0 spiro atoms. The van der Waals surface area contributed by atoms with Crippen molar-refractivity contribution in [3.8, 4) is 5.88 Å². The highest BCUT2D eigenvalue weighted by Gasteiger charge is 2.05. The predicted molar refractivity (Wildman–Crippen MR) is 70.5 cm³/mol. The standard InChI is InChI=1S/C10H18N4O2S/c1-14-9(16-3)7-8(13-14)12-10(17)11-5-4-6-15-2/h7H,4-6H2,1-3H3,(H2,11,12,13,17). The van der Waals surface area contributed by atoms with Crippen molar-refractivity contribution in [3.63, 3.8) is 0 Å². The summed E-state index contributed by atoms with van der Waals surface area (Å²) >= 11 is 5.12. The van der Waals surface area contributed by atoms with Crippen LogP contribution in [0.4, 0.5) is 5.82 Å². The van der Waals surface area contributed by atoms with Gasteiger partial charge in [0.25, 0.3) is 0 Å². The summed E-state index contributed by atoms with van der Waals surface area (Å²) < 4.78 is 11.7. The van der Waals surface area contributed by atoms with Crippen molar-refractivity contribution in [1.29, 1.82) is 0 Å². The Hall–Kier alpha value is -1.34. The molecule has 1 aromatic rings. The maximum Gasteiger partial charge on any atom is 0.213 e. The van der Waals surface area contributed by atoms with Crippen LogP contribution in [-0.2, 0) is 11.8 Å². The minimum absolute atomic E-state index is 0.543. The molecular weight excluding hydrogens is 240 g/mol. The van der Waals surface area contributed by atoms with Crippen LogP contribution in [0.3, 0.4) is 0 Å². The lowest BCUT2D eigenvalue weighted by Gasteiger charge is -2.07. The number of rotatable bonds is 6. The number of nitrogens with zero attached hydrogens (tertiary/aromatic N) is 2. The topological polar surface area (TPSA) is 60.3 Å². The van der Waals surface area contributed by atoms with Gasteiger partial charge in [-0.2, -0.15) is 5.10 Å². The van der Waals surface area contributed by atoms with Crippen LogP contribution in [0.25, 0.3) is 0 Å². The molecule has 0 saturated heterocycles. The molecule has 0 bridgehead atoms. The Bertz CT molecular complexity index is 367. The minimum Gasteiger partial charge on any atom is -0.481 e. The van der Waals surface area contributed by atoms with E-state index in [0.717, 1.165) is 13.0 Å². The zero-order valence-electron chi connectivity index (χ0n) is 10.3. The number of thiocarbonyl (C=S) groups is 1. The third-order valence-electron chi connectivity index (χ3n) is 2.10. The fourth-order valence-electron chi connectivity index (χ4n) is 1.28. The van der Waals surface area contributed by atoms with Gasteiger partial charge in [-0.05, 0) is 18.6 Å². The monoisotopic (exact) mass is 258 g/mol. The van der Waals surface area contributed by atoms with Crippen LogP contribution in [0.5, 0.6) is 5.88 Å². The molecule has 0 unspecified atom stereocenters. The van der Waals surface area contributed by atoms with Gasteiger partial charge < -0.3 is 20.1 Å². The Morgan fingerprint density at radius 1 is 1.53 bits per heavy atom. The van der Waals surface area contributed by atoms with E-state index in [4.69, 9.17) is 21.7 Å². The van der Waals surface area contributed by atoms with E-state index in [2.05, 4.69) is 15.7 Å². The molecule has 0 fully saturated rings. The first kappa shape index (κ1) is 13.7. The highest BCUT2D eigenvalue weighted by atomic mass is 32.1. The van der Waals surface area contributed by atoms with Crippen molar-refractivity contribution >= 4 is 23.1 Å². The molecule has 17 heavy (non-hydrogen) atoms. The summed E-state index contributed by atoms with van der Waals surface area (Å²) in [5, 5.41) is 10.8. The SMILES string of the molecule is COCCCNC(=S)Nc1cc(OC)n(C)n1. The zero-order chi connectivity index (χ0) is 12.7.